The highest BCUT2D eigenvalue weighted by Crippen LogP contribution is 2.21. The molecule has 1 heterocycles. The number of fused-ring (bicyclic) bond motifs is 1. The average Bonchev–Trinajstić information content (AvgIpc) is 2.44. The van der Waals surface area contributed by atoms with Gasteiger partial charge in [0.1, 0.15) is 0 Å². The lowest BCUT2D eigenvalue weighted by molar-refractivity contribution is 0.281. The van der Waals surface area contributed by atoms with Crippen LogP contribution in [0.2, 0.25) is 0 Å². The van der Waals surface area contributed by atoms with Crippen molar-refractivity contribution in [1.82, 2.24) is 15.6 Å². The Morgan fingerprint density at radius 2 is 2.05 bits per heavy atom. The molecule has 0 saturated heterocycles. The summed E-state index contributed by atoms with van der Waals surface area (Å²) in [5.74, 6) is 0. The van der Waals surface area contributed by atoms with E-state index in [0.29, 0.717) is 11.5 Å². The zero-order valence-electron chi connectivity index (χ0n) is 13.6. The zero-order valence-corrected chi connectivity index (χ0v) is 13.6. The molecule has 2 rings (SSSR count). The maximum Gasteiger partial charge on any atom is 0.0702 e. The molecular formula is C18H27N3. The number of benzene rings is 1. The molecule has 0 amide bonds. The number of rotatable bonds is 7. The van der Waals surface area contributed by atoms with E-state index in [9.17, 15) is 0 Å². The zero-order chi connectivity index (χ0) is 15.3. The fourth-order valence-corrected chi connectivity index (χ4v) is 2.98. The molecule has 1 unspecified atom stereocenters. The van der Waals surface area contributed by atoms with Crippen LogP contribution in [0.15, 0.2) is 36.5 Å². The van der Waals surface area contributed by atoms with Gasteiger partial charge in [0.2, 0.25) is 0 Å². The lowest BCUT2D eigenvalue weighted by atomic mass is 9.86. The van der Waals surface area contributed by atoms with Crippen molar-refractivity contribution in [2.24, 2.45) is 5.41 Å². The lowest BCUT2D eigenvalue weighted by Crippen LogP contribution is -2.35. The van der Waals surface area contributed by atoms with E-state index in [-0.39, 0.29) is 0 Å². The second-order valence-corrected chi connectivity index (χ2v) is 6.71. The van der Waals surface area contributed by atoms with Crippen molar-refractivity contribution in [2.75, 3.05) is 13.6 Å². The van der Waals surface area contributed by atoms with Crippen LogP contribution in [-0.4, -0.2) is 24.6 Å². The van der Waals surface area contributed by atoms with Crippen molar-refractivity contribution in [3.05, 3.63) is 42.1 Å². The van der Waals surface area contributed by atoms with E-state index >= 15 is 0 Å². The predicted molar refractivity (Wildman–Crippen MR) is 90.4 cm³/mol. The van der Waals surface area contributed by atoms with Gasteiger partial charge >= 0.3 is 0 Å². The Morgan fingerprint density at radius 3 is 2.81 bits per heavy atom. The first-order valence-corrected chi connectivity index (χ1v) is 7.72. The van der Waals surface area contributed by atoms with Crippen molar-refractivity contribution in [3.63, 3.8) is 0 Å². The number of nitrogens with one attached hydrogen (secondary N) is 2. The first kappa shape index (κ1) is 15.9. The van der Waals surface area contributed by atoms with Crippen LogP contribution in [0, 0.1) is 5.41 Å². The number of nitrogens with zero attached hydrogens (tertiary/aromatic N) is 1. The quantitative estimate of drug-likeness (QED) is 0.819. The molecule has 0 fully saturated rings. The smallest absolute Gasteiger partial charge is 0.0702 e. The standard InChI is InChI=1S/C18H27N3/c1-14(11-18(2,3)13-19-4)21-12-15-7-8-17-16(10-15)6-5-9-20-17/h5-10,14,19,21H,11-13H2,1-4H3. The summed E-state index contributed by atoms with van der Waals surface area (Å²) >= 11 is 0. The molecule has 114 valence electrons. The van der Waals surface area contributed by atoms with Crippen molar-refractivity contribution in [2.45, 2.75) is 39.8 Å². The van der Waals surface area contributed by atoms with E-state index in [1.54, 1.807) is 0 Å². The molecule has 0 spiro atoms. The molecule has 1 atom stereocenters. The summed E-state index contributed by atoms with van der Waals surface area (Å²) in [4.78, 5) is 4.36. The molecule has 0 aliphatic carbocycles. The Hall–Kier alpha value is -1.45. The maximum absolute atomic E-state index is 4.36. The molecule has 3 heteroatoms. The van der Waals surface area contributed by atoms with E-state index in [0.717, 1.165) is 25.0 Å². The maximum atomic E-state index is 4.36. The van der Waals surface area contributed by atoms with Gasteiger partial charge in [0.25, 0.3) is 0 Å². The van der Waals surface area contributed by atoms with Crippen LogP contribution in [0.3, 0.4) is 0 Å². The normalized spacial score (nSPS) is 13.5. The molecule has 2 N–H and O–H groups in total. The van der Waals surface area contributed by atoms with Gasteiger partial charge in [-0.2, -0.15) is 0 Å². The summed E-state index contributed by atoms with van der Waals surface area (Å²) in [6.07, 6.45) is 3.00. The molecule has 21 heavy (non-hydrogen) atoms. The van der Waals surface area contributed by atoms with Gasteiger partial charge in [-0.15, -0.1) is 0 Å². The van der Waals surface area contributed by atoms with E-state index in [1.165, 1.54) is 10.9 Å². The first-order chi connectivity index (χ1) is 10.00. The fourth-order valence-electron chi connectivity index (χ4n) is 2.98. The van der Waals surface area contributed by atoms with E-state index in [1.807, 2.05) is 19.3 Å². The summed E-state index contributed by atoms with van der Waals surface area (Å²) < 4.78 is 0. The Morgan fingerprint density at radius 1 is 1.24 bits per heavy atom. The van der Waals surface area contributed by atoms with Gasteiger partial charge in [-0.1, -0.05) is 26.0 Å². The first-order valence-electron chi connectivity index (χ1n) is 7.72. The highest BCUT2D eigenvalue weighted by molar-refractivity contribution is 5.78. The SMILES string of the molecule is CNCC(C)(C)CC(C)NCc1ccc2ncccc2c1. The Labute approximate surface area is 128 Å². The van der Waals surface area contributed by atoms with Crippen LogP contribution in [-0.2, 0) is 6.54 Å². The highest BCUT2D eigenvalue weighted by Gasteiger charge is 2.19. The minimum Gasteiger partial charge on any atom is -0.319 e. The third-order valence-corrected chi connectivity index (χ3v) is 3.84. The molecule has 1 aromatic carbocycles. The molecule has 0 bridgehead atoms. The van der Waals surface area contributed by atoms with Gasteiger partial charge in [-0.05, 0) is 49.6 Å². The van der Waals surface area contributed by atoms with Crippen molar-refractivity contribution in [1.29, 1.82) is 0 Å². The predicted octanol–water partition coefficient (Wildman–Crippen LogP) is 3.35. The number of aromatic nitrogens is 1. The van der Waals surface area contributed by atoms with Gasteiger partial charge in [0, 0.05) is 30.7 Å². The third-order valence-electron chi connectivity index (χ3n) is 3.84. The molecule has 0 aliphatic heterocycles. The highest BCUT2D eigenvalue weighted by atomic mass is 14.9. The van der Waals surface area contributed by atoms with Gasteiger partial charge in [-0.25, -0.2) is 0 Å². The van der Waals surface area contributed by atoms with E-state index in [2.05, 4.69) is 60.7 Å². The third kappa shape index (κ3) is 4.80. The van der Waals surface area contributed by atoms with E-state index < -0.39 is 0 Å². The van der Waals surface area contributed by atoms with Gasteiger partial charge < -0.3 is 10.6 Å². The summed E-state index contributed by atoms with van der Waals surface area (Å²) in [6, 6.07) is 11.1. The fraction of sp³-hybridized carbons (Fsp3) is 0.500. The van der Waals surface area contributed by atoms with Crippen LogP contribution >= 0.6 is 0 Å². The van der Waals surface area contributed by atoms with E-state index in [4.69, 9.17) is 0 Å². The number of hydrogen-bond donors (Lipinski definition) is 2. The van der Waals surface area contributed by atoms with Gasteiger partial charge in [-0.3, -0.25) is 4.98 Å². The summed E-state index contributed by atoms with van der Waals surface area (Å²) in [5, 5.41) is 8.11. The molecule has 0 saturated carbocycles. The molecule has 3 nitrogen and oxygen atoms in total. The topological polar surface area (TPSA) is 37.0 Å². The Kier molecular flexibility index (Phi) is 5.32. The molecule has 1 aromatic heterocycles. The number of hydrogen-bond acceptors (Lipinski definition) is 3. The Balaban J connectivity index is 1.92. The largest absolute Gasteiger partial charge is 0.319 e. The average molecular weight is 285 g/mol. The summed E-state index contributed by atoms with van der Waals surface area (Å²) in [7, 11) is 2.02. The second-order valence-electron chi connectivity index (χ2n) is 6.71. The molecular weight excluding hydrogens is 258 g/mol. The van der Waals surface area contributed by atoms with Crippen LogP contribution < -0.4 is 10.6 Å². The molecule has 0 radical (unpaired) electrons. The number of pyridine rings is 1. The van der Waals surface area contributed by atoms with Crippen molar-refractivity contribution >= 4 is 10.9 Å². The summed E-state index contributed by atoms with van der Waals surface area (Å²) in [5.41, 5.74) is 2.69. The van der Waals surface area contributed by atoms with Crippen LogP contribution in [0.1, 0.15) is 32.8 Å². The minimum atomic E-state index is 0.314. The van der Waals surface area contributed by atoms with Crippen molar-refractivity contribution < 1.29 is 0 Å². The minimum absolute atomic E-state index is 0.314. The van der Waals surface area contributed by atoms with Crippen LogP contribution in [0.4, 0.5) is 0 Å². The van der Waals surface area contributed by atoms with Crippen LogP contribution in [0.25, 0.3) is 10.9 Å². The molecule has 0 aliphatic rings. The van der Waals surface area contributed by atoms with Crippen molar-refractivity contribution in [3.8, 4) is 0 Å². The summed E-state index contributed by atoms with van der Waals surface area (Å²) in [6.45, 7) is 8.83. The van der Waals surface area contributed by atoms with Gasteiger partial charge in [0.15, 0.2) is 0 Å². The van der Waals surface area contributed by atoms with Gasteiger partial charge in [0.05, 0.1) is 5.52 Å². The second kappa shape index (κ2) is 7.01. The lowest BCUT2D eigenvalue weighted by Gasteiger charge is -2.28. The monoisotopic (exact) mass is 285 g/mol. The molecule has 2 aromatic rings. The van der Waals surface area contributed by atoms with Crippen LogP contribution in [0.5, 0.6) is 0 Å². The Bertz CT molecular complexity index is 577.